The summed E-state index contributed by atoms with van der Waals surface area (Å²) >= 11 is 11.1. The van der Waals surface area contributed by atoms with E-state index in [-0.39, 0.29) is 10.0 Å². The molecule has 0 aliphatic carbocycles. The third-order valence-corrected chi connectivity index (χ3v) is 2.19. The molecule has 1 aromatic rings. The molecule has 0 saturated heterocycles. The molecular formula is C8H4Cl2F2O3. The molecule has 0 unspecified atom stereocenters. The molecule has 82 valence electrons. The minimum Gasteiger partial charge on any atom is -0.478 e. The van der Waals surface area contributed by atoms with Crippen molar-refractivity contribution >= 4 is 29.2 Å². The highest BCUT2D eigenvalue weighted by molar-refractivity contribution is 6.42. The number of hydrogen-bond donors (Lipinski definition) is 1. The number of aromatic carboxylic acids is 1. The van der Waals surface area contributed by atoms with Gasteiger partial charge in [0.05, 0.1) is 10.0 Å². The molecule has 0 aromatic heterocycles. The number of halogens is 4. The van der Waals surface area contributed by atoms with E-state index in [1.807, 2.05) is 0 Å². The molecule has 0 heterocycles. The lowest BCUT2D eigenvalue weighted by Gasteiger charge is -2.08. The van der Waals surface area contributed by atoms with E-state index in [1.165, 1.54) is 0 Å². The van der Waals surface area contributed by atoms with Gasteiger partial charge in [-0.3, -0.25) is 0 Å². The maximum Gasteiger partial charge on any atom is 0.387 e. The van der Waals surface area contributed by atoms with Crippen molar-refractivity contribution in [1.82, 2.24) is 0 Å². The highest BCUT2D eigenvalue weighted by Crippen LogP contribution is 2.31. The van der Waals surface area contributed by atoms with Gasteiger partial charge in [0.2, 0.25) is 0 Å². The summed E-state index contributed by atoms with van der Waals surface area (Å²) in [6.07, 6.45) is 0. The molecule has 0 radical (unpaired) electrons. The maximum absolute atomic E-state index is 11.9. The van der Waals surface area contributed by atoms with Crippen LogP contribution in [0.2, 0.25) is 10.0 Å². The lowest BCUT2D eigenvalue weighted by atomic mass is 10.2. The number of benzene rings is 1. The number of alkyl halides is 2. The quantitative estimate of drug-likeness (QED) is 0.903. The van der Waals surface area contributed by atoms with Gasteiger partial charge in [0.1, 0.15) is 11.3 Å². The summed E-state index contributed by atoms with van der Waals surface area (Å²) < 4.78 is 27.8. The average molecular weight is 257 g/mol. The van der Waals surface area contributed by atoms with Crippen molar-refractivity contribution in [3.05, 3.63) is 27.7 Å². The van der Waals surface area contributed by atoms with E-state index in [9.17, 15) is 13.6 Å². The SMILES string of the molecule is O=C(O)c1cc(Cl)c(Cl)cc1OC(F)F. The average Bonchev–Trinajstić information content (AvgIpc) is 2.09. The van der Waals surface area contributed by atoms with E-state index in [2.05, 4.69) is 4.74 Å². The summed E-state index contributed by atoms with van der Waals surface area (Å²) in [6, 6.07) is 1.88. The molecule has 1 rings (SSSR count). The van der Waals surface area contributed by atoms with Gasteiger partial charge in [-0.25, -0.2) is 4.79 Å². The first-order chi connectivity index (χ1) is 6.91. The Balaban J connectivity index is 3.22. The molecule has 7 heteroatoms. The Bertz CT molecular complexity index is 396. The topological polar surface area (TPSA) is 46.5 Å². The monoisotopic (exact) mass is 256 g/mol. The van der Waals surface area contributed by atoms with Gasteiger partial charge < -0.3 is 9.84 Å². The van der Waals surface area contributed by atoms with E-state index >= 15 is 0 Å². The Morgan fingerprint density at radius 3 is 2.33 bits per heavy atom. The highest BCUT2D eigenvalue weighted by Gasteiger charge is 2.17. The van der Waals surface area contributed by atoms with Gasteiger partial charge in [-0.15, -0.1) is 0 Å². The highest BCUT2D eigenvalue weighted by atomic mass is 35.5. The van der Waals surface area contributed by atoms with E-state index in [0.29, 0.717) is 0 Å². The van der Waals surface area contributed by atoms with Gasteiger partial charge in [0.25, 0.3) is 0 Å². The van der Waals surface area contributed by atoms with Crippen molar-refractivity contribution in [3.63, 3.8) is 0 Å². The summed E-state index contributed by atoms with van der Waals surface area (Å²) in [5.41, 5.74) is -0.468. The maximum atomic E-state index is 11.9. The molecule has 1 aromatic carbocycles. The Morgan fingerprint density at radius 1 is 1.33 bits per heavy atom. The minimum absolute atomic E-state index is 0.0457. The molecule has 1 N–H and O–H groups in total. The fourth-order valence-electron chi connectivity index (χ4n) is 0.889. The number of carboxylic acids is 1. The lowest BCUT2D eigenvalue weighted by molar-refractivity contribution is -0.0503. The van der Waals surface area contributed by atoms with E-state index in [4.69, 9.17) is 28.3 Å². The fourth-order valence-corrected chi connectivity index (χ4v) is 1.21. The van der Waals surface area contributed by atoms with Crippen LogP contribution in [-0.4, -0.2) is 17.7 Å². The van der Waals surface area contributed by atoms with Gasteiger partial charge >= 0.3 is 12.6 Å². The van der Waals surface area contributed by atoms with Crippen molar-refractivity contribution in [2.75, 3.05) is 0 Å². The van der Waals surface area contributed by atoms with Crippen LogP contribution in [0.3, 0.4) is 0 Å². The van der Waals surface area contributed by atoms with Crippen molar-refractivity contribution in [3.8, 4) is 5.75 Å². The standard InChI is InChI=1S/C8H4Cl2F2O3/c9-4-1-3(7(13)14)6(2-5(4)10)15-8(11)12/h1-2,8H,(H,13,14). The molecule has 0 amide bonds. The molecule has 0 fully saturated rings. The number of carboxylic acid groups (broad SMARTS) is 1. The predicted octanol–water partition coefficient (Wildman–Crippen LogP) is 3.29. The van der Waals surface area contributed by atoms with Crippen molar-refractivity contribution in [1.29, 1.82) is 0 Å². The van der Waals surface area contributed by atoms with Gasteiger partial charge in [-0.2, -0.15) is 8.78 Å². The fraction of sp³-hybridized carbons (Fsp3) is 0.125. The van der Waals surface area contributed by atoms with Crippen molar-refractivity contribution in [2.24, 2.45) is 0 Å². The third-order valence-electron chi connectivity index (χ3n) is 1.47. The number of hydrogen-bond acceptors (Lipinski definition) is 2. The molecule has 0 saturated carbocycles. The number of ether oxygens (including phenoxy) is 1. The Kier molecular flexibility index (Phi) is 3.71. The summed E-state index contributed by atoms with van der Waals surface area (Å²) in [7, 11) is 0. The van der Waals surface area contributed by atoms with Gasteiger partial charge in [-0.05, 0) is 6.07 Å². The summed E-state index contributed by atoms with van der Waals surface area (Å²) in [5, 5.41) is 8.56. The Hall–Kier alpha value is -1.07. The van der Waals surface area contributed by atoms with Crippen LogP contribution in [0.1, 0.15) is 10.4 Å². The smallest absolute Gasteiger partial charge is 0.387 e. The van der Waals surface area contributed by atoms with Crippen LogP contribution < -0.4 is 4.74 Å². The molecule has 0 aliphatic rings. The predicted molar refractivity (Wildman–Crippen MR) is 50.1 cm³/mol. The second-order valence-corrected chi connectivity index (χ2v) is 3.26. The zero-order valence-corrected chi connectivity index (χ0v) is 8.52. The molecular weight excluding hydrogens is 253 g/mol. The van der Waals surface area contributed by atoms with Crippen LogP contribution in [0.15, 0.2) is 12.1 Å². The minimum atomic E-state index is -3.12. The normalized spacial score (nSPS) is 10.5. The van der Waals surface area contributed by atoms with Crippen LogP contribution in [0.4, 0.5) is 8.78 Å². The second-order valence-electron chi connectivity index (χ2n) is 2.45. The third kappa shape index (κ3) is 2.94. The Labute approximate surface area is 93.2 Å². The van der Waals surface area contributed by atoms with E-state index in [1.54, 1.807) is 0 Å². The van der Waals surface area contributed by atoms with E-state index in [0.717, 1.165) is 12.1 Å². The van der Waals surface area contributed by atoms with Crippen LogP contribution in [0.25, 0.3) is 0 Å². The van der Waals surface area contributed by atoms with Gasteiger partial charge in [0.15, 0.2) is 0 Å². The first-order valence-corrected chi connectivity index (χ1v) is 4.34. The summed E-state index contributed by atoms with van der Waals surface area (Å²) in [5.74, 6) is -1.95. The molecule has 0 aliphatic heterocycles. The van der Waals surface area contributed by atoms with Gasteiger partial charge in [-0.1, -0.05) is 23.2 Å². The van der Waals surface area contributed by atoms with Crippen LogP contribution >= 0.6 is 23.2 Å². The lowest BCUT2D eigenvalue weighted by Crippen LogP contribution is -2.07. The van der Waals surface area contributed by atoms with Crippen LogP contribution in [0, 0.1) is 0 Å². The summed E-state index contributed by atoms with van der Waals surface area (Å²) in [4.78, 5) is 10.6. The zero-order valence-electron chi connectivity index (χ0n) is 7.01. The first kappa shape index (κ1) is 12.0. The van der Waals surface area contributed by atoms with E-state index < -0.39 is 23.9 Å². The second kappa shape index (κ2) is 4.63. The van der Waals surface area contributed by atoms with Crippen LogP contribution in [0.5, 0.6) is 5.75 Å². The number of rotatable bonds is 3. The van der Waals surface area contributed by atoms with Crippen molar-refractivity contribution in [2.45, 2.75) is 6.61 Å². The molecule has 15 heavy (non-hydrogen) atoms. The molecule has 3 nitrogen and oxygen atoms in total. The zero-order chi connectivity index (χ0) is 11.6. The number of carbonyl (C=O) groups is 1. The summed E-state index contributed by atoms with van der Waals surface area (Å²) in [6.45, 7) is -3.12. The molecule has 0 atom stereocenters. The Morgan fingerprint density at radius 2 is 1.87 bits per heavy atom. The molecule has 0 spiro atoms. The largest absolute Gasteiger partial charge is 0.478 e. The first-order valence-electron chi connectivity index (χ1n) is 3.59. The van der Waals surface area contributed by atoms with Crippen molar-refractivity contribution < 1.29 is 23.4 Å². The van der Waals surface area contributed by atoms with Gasteiger partial charge in [0, 0.05) is 6.07 Å². The molecule has 0 bridgehead atoms. The van der Waals surface area contributed by atoms with Crippen LogP contribution in [-0.2, 0) is 0 Å².